The van der Waals surface area contributed by atoms with Gasteiger partial charge in [0.05, 0.1) is 10.7 Å². The van der Waals surface area contributed by atoms with Crippen LogP contribution in [0.15, 0.2) is 16.8 Å². The number of nitrogens with zero attached hydrogens (tertiary/aromatic N) is 3. The predicted molar refractivity (Wildman–Crippen MR) is 73.1 cm³/mol. The van der Waals surface area contributed by atoms with Crippen molar-refractivity contribution in [3.8, 4) is 0 Å². The third kappa shape index (κ3) is 2.42. The number of thiophene rings is 1. The maximum Gasteiger partial charge on any atom is 0.273 e. The molecule has 6 heteroatoms. The first-order chi connectivity index (χ1) is 8.50. The zero-order valence-corrected chi connectivity index (χ0v) is 12.0. The lowest BCUT2D eigenvalue weighted by Crippen LogP contribution is -2.28. The predicted octanol–water partition coefficient (Wildman–Crippen LogP) is 2.72. The summed E-state index contributed by atoms with van der Waals surface area (Å²) in [6.45, 7) is 2.36. The lowest BCUT2D eigenvalue weighted by Gasteiger charge is -2.16. The smallest absolute Gasteiger partial charge is 0.273 e. The fourth-order valence-electron chi connectivity index (χ4n) is 1.77. The topological polar surface area (TPSA) is 38.1 Å². The number of rotatable bonds is 3. The summed E-state index contributed by atoms with van der Waals surface area (Å²) in [5, 5.41) is 8.60. The molecule has 4 nitrogen and oxygen atoms in total. The molecule has 0 fully saturated rings. The molecule has 2 aromatic heterocycles. The Morgan fingerprint density at radius 2 is 2.33 bits per heavy atom. The highest BCUT2D eigenvalue weighted by atomic mass is 35.5. The number of carbonyl (C=O) groups excluding carboxylic acids is 1. The van der Waals surface area contributed by atoms with Crippen LogP contribution in [0, 0.1) is 6.92 Å². The van der Waals surface area contributed by atoms with E-state index in [1.807, 2.05) is 16.8 Å². The molecule has 0 aromatic carbocycles. The third-order valence-electron chi connectivity index (χ3n) is 2.70. The first-order valence-corrected chi connectivity index (χ1v) is 6.78. The summed E-state index contributed by atoms with van der Waals surface area (Å²) in [5.41, 5.74) is 2.23. The van der Waals surface area contributed by atoms with Crippen molar-refractivity contribution >= 4 is 28.8 Å². The molecule has 1 amide bonds. The molecule has 0 atom stereocenters. The van der Waals surface area contributed by atoms with E-state index in [1.54, 1.807) is 37.3 Å². The van der Waals surface area contributed by atoms with Gasteiger partial charge < -0.3 is 4.90 Å². The Morgan fingerprint density at radius 1 is 1.61 bits per heavy atom. The Labute approximate surface area is 115 Å². The summed E-state index contributed by atoms with van der Waals surface area (Å²) in [5.74, 6) is -0.116. The molecular weight excluding hydrogens is 270 g/mol. The van der Waals surface area contributed by atoms with Crippen LogP contribution in [0.5, 0.6) is 0 Å². The number of aryl methyl sites for hydroxylation is 2. The molecule has 2 heterocycles. The average Bonchev–Trinajstić information content (AvgIpc) is 2.88. The number of hydrogen-bond acceptors (Lipinski definition) is 3. The highest BCUT2D eigenvalue weighted by Gasteiger charge is 2.21. The van der Waals surface area contributed by atoms with E-state index in [9.17, 15) is 4.79 Å². The summed E-state index contributed by atoms with van der Waals surface area (Å²) in [6.07, 6.45) is 0. The van der Waals surface area contributed by atoms with E-state index in [0.717, 1.165) is 5.56 Å². The van der Waals surface area contributed by atoms with E-state index in [0.29, 0.717) is 23.0 Å². The van der Waals surface area contributed by atoms with Crippen LogP contribution in [-0.4, -0.2) is 27.6 Å². The van der Waals surface area contributed by atoms with Gasteiger partial charge >= 0.3 is 0 Å². The molecule has 0 N–H and O–H groups in total. The SMILES string of the molecule is Cc1nn(C)c(C(=O)N(C)Cc2ccsc2)c1Cl. The molecule has 0 spiro atoms. The molecule has 0 radical (unpaired) electrons. The summed E-state index contributed by atoms with van der Waals surface area (Å²) >= 11 is 7.72. The molecule has 0 aliphatic heterocycles. The molecule has 96 valence electrons. The second kappa shape index (κ2) is 5.12. The Balaban J connectivity index is 2.20. The quantitative estimate of drug-likeness (QED) is 0.869. The van der Waals surface area contributed by atoms with E-state index in [4.69, 9.17) is 11.6 Å². The van der Waals surface area contributed by atoms with Crippen molar-refractivity contribution in [2.45, 2.75) is 13.5 Å². The molecule has 0 saturated heterocycles. The van der Waals surface area contributed by atoms with E-state index >= 15 is 0 Å². The summed E-state index contributed by atoms with van der Waals surface area (Å²) in [4.78, 5) is 14.0. The number of amides is 1. The van der Waals surface area contributed by atoms with Crippen LogP contribution in [-0.2, 0) is 13.6 Å². The van der Waals surface area contributed by atoms with Crippen molar-refractivity contribution in [3.05, 3.63) is 38.8 Å². The van der Waals surface area contributed by atoms with Crippen LogP contribution in [0.1, 0.15) is 21.7 Å². The van der Waals surface area contributed by atoms with Crippen molar-refractivity contribution < 1.29 is 4.79 Å². The maximum absolute atomic E-state index is 12.3. The van der Waals surface area contributed by atoms with Gasteiger partial charge in [0.15, 0.2) is 0 Å². The van der Waals surface area contributed by atoms with Gasteiger partial charge in [-0.1, -0.05) is 11.6 Å². The van der Waals surface area contributed by atoms with Crippen molar-refractivity contribution in [1.82, 2.24) is 14.7 Å². The van der Waals surface area contributed by atoms with Gasteiger partial charge in [-0.05, 0) is 29.3 Å². The number of hydrogen-bond donors (Lipinski definition) is 0. The van der Waals surface area contributed by atoms with Crippen molar-refractivity contribution in [3.63, 3.8) is 0 Å². The minimum Gasteiger partial charge on any atom is -0.336 e. The maximum atomic E-state index is 12.3. The number of halogens is 1. The lowest BCUT2D eigenvalue weighted by atomic mass is 10.3. The van der Waals surface area contributed by atoms with Crippen LogP contribution in [0.3, 0.4) is 0 Å². The highest BCUT2D eigenvalue weighted by Crippen LogP contribution is 2.21. The van der Waals surface area contributed by atoms with Crippen LogP contribution >= 0.6 is 22.9 Å². The second-order valence-corrected chi connectivity index (χ2v) is 5.32. The van der Waals surface area contributed by atoms with E-state index in [1.165, 1.54) is 4.68 Å². The fraction of sp³-hybridized carbons (Fsp3) is 0.333. The first-order valence-electron chi connectivity index (χ1n) is 5.46. The lowest BCUT2D eigenvalue weighted by molar-refractivity contribution is 0.0774. The molecular formula is C12H14ClN3OS. The van der Waals surface area contributed by atoms with E-state index < -0.39 is 0 Å². The van der Waals surface area contributed by atoms with Crippen LogP contribution in [0.4, 0.5) is 0 Å². The van der Waals surface area contributed by atoms with E-state index in [-0.39, 0.29) is 5.91 Å². The molecule has 0 aliphatic rings. The molecule has 0 aliphatic carbocycles. The third-order valence-corrected chi connectivity index (χ3v) is 3.88. The Hall–Kier alpha value is -1.33. The first kappa shape index (κ1) is 13.1. The summed E-state index contributed by atoms with van der Waals surface area (Å²) in [6, 6.07) is 2.00. The van der Waals surface area contributed by atoms with Crippen LogP contribution in [0.25, 0.3) is 0 Å². The Bertz CT molecular complexity index is 562. The summed E-state index contributed by atoms with van der Waals surface area (Å²) < 4.78 is 1.53. The molecule has 2 rings (SSSR count). The Kier molecular flexibility index (Phi) is 3.73. The molecule has 18 heavy (non-hydrogen) atoms. The molecule has 0 bridgehead atoms. The van der Waals surface area contributed by atoms with E-state index in [2.05, 4.69) is 5.10 Å². The van der Waals surface area contributed by atoms with Gasteiger partial charge in [-0.25, -0.2) is 0 Å². The fourth-order valence-corrected chi connectivity index (χ4v) is 2.67. The van der Waals surface area contributed by atoms with Gasteiger partial charge in [-0.2, -0.15) is 16.4 Å². The van der Waals surface area contributed by atoms with Gasteiger partial charge in [-0.3, -0.25) is 9.48 Å². The average molecular weight is 284 g/mol. The van der Waals surface area contributed by atoms with Gasteiger partial charge in [0.1, 0.15) is 5.69 Å². The molecule has 2 aromatic rings. The minimum absolute atomic E-state index is 0.116. The monoisotopic (exact) mass is 283 g/mol. The second-order valence-electron chi connectivity index (χ2n) is 4.16. The number of carbonyl (C=O) groups is 1. The van der Waals surface area contributed by atoms with Gasteiger partial charge in [0, 0.05) is 20.6 Å². The molecule has 0 unspecified atom stereocenters. The molecule has 0 saturated carbocycles. The van der Waals surface area contributed by atoms with Crippen molar-refractivity contribution in [2.75, 3.05) is 7.05 Å². The Morgan fingerprint density at radius 3 is 2.83 bits per heavy atom. The normalized spacial score (nSPS) is 10.7. The van der Waals surface area contributed by atoms with Crippen molar-refractivity contribution in [1.29, 1.82) is 0 Å². The van der Waals surface area contributed by atoms with Gasteiger partial charge in [0.2, 0.25) is 0 Å². The summed E-state index contributed by atoms with van der Waals surface area (Å²) in [7, 11) is 3.49. The van der Waals surface area contributed by atoms with Crippen LogP contribution < -0.4 is 0 Å². The van der Waals surface area contributed by atoms with Gasteiger partial charge in [-0.15, -0.1) is 0 Å². The van der Waals surface area contributed by atoms with Crippen LogP contribution in [0.2, 0.25) is 5.02 Å². The minimum atomic E-state index is -0.116. The van der Waals surface area contributed by atoms with Gasteiger partial charge in [0.25, 0.3) is 5.91 Å². The standard InChI is InChI=1S/C12H14ClN3OS/c1-8-10(13)11(16(3)14-8)12(17)15(2)6-9-4-5-18-7-9/h4-5,7H,6H2,1-3H3. The zero-order chi connectivity index (χ0) is 13.3. The zero-order valence-electron chi connectivity index (χ0n) is 10.5. The highest BCUT2D eigenvalue weighted by molar-refractivity contribution is 7.07. The largest absolute Gasteiger partial charge is 0.336 e. The number of aromatic nitrogens is 2. The van der Waals surface area contributed by atoms with Crippen molar-refractivity contribution in [2.24, 2.45) is 7.05 Å².